The van der Waals surface area contributed by atoms with Crippen LogP contribution in [0.15, 0.2) is 12.1 Å². The van der Waals surface area contributed by atoms with E-state index in [1.54, 1.807) is 13.0 Å². The average Bonchev–Trinajstić information content (AvgIpc) is 2.35. The molecule has 90 valence electrons. The Kier molecular flexibility index (Phi) is 3.94. The lowest BCUT2D eigenvalue weighted by Crippen LogP contribution is -2.01. The number of ether oxygens (including phenoxy) is 2. The van der Waals surface area contributed by atoms with Gasteiger partial charge < -0.3 is 9.47 Å². The standard InChI is InChI=1S/C12H13NO4/c1-5-8(2)9-6-11(16-3)12(17-4)7-10(9)13(14)15/h1,6-8H,2-4H3. The number of rotatable bonds is 4. The summed E-state index contributed by atoms with van der Waals surface area (Å²) in [7, 11) is 2.89. The first-order valence-corrected chi connectivity index (χ1v) is 4.91. The molecular formula is C12H13NO4. The Balaban J connectivity index is 3.46. The number of nitrogens with zero attached hydrogens (tertiary/aromatic N) is 1. The van der Waals surface area contributed by atoms with Gasteiger partial charge in [-0.3, -0.25) is 10.1 Å². The summed E-state index contributed by atoms with van der Waals surface area (Å²) in [6.45, 7) is 1.72. The van der Waals surface area contributed by atoms with Crippen LogP contribution in [0.5, 0.6) is 11.5 Å². The first-order chi connectivity index (χ1) is 8.04. The van der Waals surface area contributed by atoms with Gasteiger partial charge >= 0.3 is 0 Å². The van der Waals surface area contributed by atoms with Crippen molar-refractivity contribution in [3.05, 3.63) is 27.8 Å². The second-order valence-corrected chi connectivity index (χ2v) is 3.41. The van der Waals surface area contributed by atoms with Crippen molar-refractivity contribution in [3.8, 4) is 23.8 Å². The van der Waals surface area contributed by atoms with Crippen molar-refractivity contribution >= 4 is 5.69 Å². The van der Waals surface area contributed by atoms with E-state index in [1.807, 2.05) is 0 Å². The molecule has 0 aromatic heterocycles. The van der Waals surface area contributed by atoms with E-state index in [4.69, 9.17) is 15.9 Å². The number of methoxy groups -OCH3 is 2. The number of terminal acetylenes is 1. The topological polar surface area (TPSA) is 61.6 Å². The third-order valence-corrected chi connectivity index (χ3v) is 2.45. The van der Waals surface area contributed by atoms with Crippen LogP contribution in [-0.2, 0) is 0 Å². The lowest BCUT2D eigenvalue weighted by Gasteiger charge is -2.11. The highest BCUT2D eigenvalue weighted by Gasteiger charge is 2.22. The molecule has 5 nitrogen and oxygen atoms in total. The van der Waals surface area contributed by atoms with Crippen molar-refractivity contribution < 1.29 is 14.4 Å². The van der Waals surface area contributed by atoms with Gasteiger partial charge in [0.15, 0.2) is 11.5 Å². The smallest absolute Gasteiger partial charge is 0.277 e. The molecule has 0 radical (unpaired) electrons. The molecule has 0 aliphatic carbocycles. The van der Waals surface area contributed by atoms with Crippen molar-refractivity contribution in [3.63, 3.8) is 0 Å². The van der Waals surface area contributed by atoms with Gasteiger partial charge in [-0.25, -0.2) is 0 Å². The van der Waals surface area contributed by atoms with Gasteiger partial charge in [0, 0.05) is 11.5 Å². The summed E-state index contributed by atoms with van der Waals surface area (Å²) in [6, 6.07) is 2.86. The van der Waals surface area contributed by atoms with Crippen LogP contribution in [0.3, 0.4) is 0 Å². The van der Waals surface area contributed by atoms with Gasteiger partial charge in [-0.15, -0.1) is 6.42 Å². The van der Waals surface area contributed by atoms with Crippen LogP contribution in [-0.4, -0.2) is 19.1 Å². The van der Waals surface area contributed by atoms with Crippen molar-refractivity contribution in [1.29, 1.82) is 0 Å². The highest BCUT2D eigenvalue weighted by Crippen LogP contribution is 2.37. The van der Waals surface area contributed by atoms with Crippen LogP contribution < -0.4 is 9.47 Å². The van der Waals surface area contributed by atoms with Crippen LogP contribution in [0.25, 0.3) is 0 Å². The first kappa shape index (κ1) is 12.8. The Morgan fingerprint density at radius 1 is 1.35 bits per heavy atom. The van der Waals surface area contributed by atoms with E-state index in [9.17, 15) is 10.1 Å². The molecule has 0 heterocycles. The highest BCUT2D eigenvalue weighted by atomic mass is 16.6. The van der Waals surface area contributed by atoms with E-state index < -0.39 is 4.92 Å². The van der Waals surface area contributed by atoms with Gasteiger partial charge in [-0.1, -0.05) is 5.92 Å². The minimum atomic E-state index is -0.481. The number of nitro benzene ring substituents is 1. The fourth-order valence-corrected chi connectivity index (χ4v) is 1.48. The van der Waals surface area contributed by atoms with Crippen LogP contribution in [0, 0.1) is 22.5 Å². The molecule has 0 N–H and O–H groups in total. The normalized spacial score (nSPS) is 11.4. The number of benzene rings is 1. The fraction of sp³-hybridized carbons (Fsp3) is 0.333. The van der Waals surface area contributed by atoms with Crippen molar-refractivity contribution in [1.82, 2.24) is 0 Å². The van der Waals surface area contributed by atoms with Gasteiger partial charge in [-0.2, -0.15) is 0 Å². The first-order valence-electron chi connectivity index (χ1n) is 4.91. The van der Waals surface area contributed by atoms with E-state index in [2.05, 4.69) is 5.92 Å². The third kappa shape index (κ3) is 2.48. The van der Waals surface area contributed by atoms with Gasteiger partial charge in [0.1, 0.15) is 0 Å². The molecule has 1 aromatic carbocycles. The quantitative estimate of drug-likeness (QED) is 0.456. The maximum Gasteiger partial charge on any atom is 0.277 e. The molecule has 1 atom stereocenters. The highest BCUT2D eigenvalue weighted by molar-refractivity contribution is 5.56. The zero-order valence-corrected chi connectivity index (χ0v) is 9.89. The molecule has 17 heavy (non-hydrogen) atoms. The SMILES string of the molecule is C#CC(C)c1cc(OC)c(OC)cc1[N+](=O)[O-]. The molecule has 0 aliphatic heterocycles. The Labute approximate surface area is 99.5 Å². The lowest BCUT2D eigenvalue weighted by atomic mass is 9.99. The molecule has 1 unspecified atom stereocenters. The van der Waals surface area contributed by atoms with E-state index in [-0.39, 0.29) is 11.6 Å². The molecule has 5 heteroatoms. The molecule has 0 aliphatic rings. The third-order valence-electron chi connectivity index (χ3n) is 2.45. The Morgan fingerprint density at radius 3 is 2.29 bits per heavy atom. The monoisotopic (exact) mass is 235 g/mol. The molecule has 1 rings (SSSR count). The van der Waals surface area contributed by atoms with E-state index in [1.165, 1.54) is 20.3 Å². The minimum absolute atomic E-state index is 0.0619. The fourth-order valence-electron chi connectivity index (χ4n) is 1.48. The Morgan fingerprint density at radius 2 is 1.88 bits per heavy atom. The summed E-state index contributed by atoms with van der Waals surface area (Å²) in [4.78, 5) is 10.5. The van der Waals surface area contributed by atoms with Gasteiger partial charge in [0.2, 0.25) is 0 Å². The van der Waals surface area contributed by atoms with Crippen molar-refractivity contribution in [2.75, 3.05) is 14.2 Å². The Hall–Kier alpha value is -2.22. The summed E-state index contributed by atoms with van der Waals surface area (Å²) in [5.41, 5.74) is 0.378. The molecule has 0 saturated carbocycles. The van der Waals surface area contributed by atoms with Crippen LogP contribution >= 0.6 is 0 Å². The summed E-state index contributed by atoms with van der Waals surface area (Å²) in [5, 5.41) is 11.0. The van der Waals surface area contributed by atoms with Crippen molar-refractivity contribution in [2.24, 2.45) is 0 Å². The summed E-state index contributed by atoms with van der Waals surface area (Å²) < 4.78 is 10.1. The molecule has 0 bridgehead atoms. The van der Waals surface area contributed by atoms with E-state index in [0.29, 0.717) is 17.1 Å². The van der Waals surface area contributed by atoms with E-state index in [0.717, 1.165) is 0 Å². The van der Waals surface area contributed by atoms with Gasteiger partial charge in [-0.05, 0) is 13.0 Å². The maximum absolute atomic E-state index is 11.0. The number of nitro groups is 1. The van der Waals surface area contributed by atoms with Crippen LogP contribution in [0.1, 0.15) is 18.4 Å². The zero-order chi connectivity index (χ0) is 13.0. The van der Waals surface area contributed by atoms with Crippen molar-refractivity contribution in [2.45, 2.75) is 12.8 Å². The summed E-state index contributed by atoms with van der Waals surface area (Å²) >= 11 is 0. The molecular weight excluding hydrogens is 222 g/mol. The molecule has 0 fully saturated rings. The van der Waals surface area contributed by atoms with E-state index >= 15 is 0 Å². The Bertz CT molecular complexity index is 476. The van der Waals surface area contributed by atoms with Crippen LogP contribution in [0.2, 0.25) is 0 Å². The molecule has 0 spiro atoms. The van der Waals surface area contributed by atoms with Gasteiger partial charge in [0.25, 0.3) is 5.69 Å². The summed E-state index contributed by atoms with van der Waals surface area (Å²) in [6.07, 6.45) is 5.29. The summed E-state index contributed by atoms with van der Waals surface area (Å²) in [5.74, 6) is 2.84. The maximum atomic E-state index is 11.0. The number of hydrogen-bond acceptors (Lipinski definition) is 4. The zero-order valence-electron chi connectivity index (χ0n) is 9.89. The predicted molar refractivity (Wildman–Crippen MR) is 63.4 cm³/mol. The predicted octanol–water partition coefficient (Wildman–Crippen LogP) is 2.35. The van der Waals surface area contributed by atoms with Gasteiger partial charge in [0.05, 0.1) is 25.2 Å². The second kappa shape index (κ2) is 5.21. The average molecular weight is 235 g/mol. The molecule has 1 aromatic rings. The largest absolute Gasteiger partial charge is 0.493 e. The number of hydrogen-bond donors (Lipinski definition) is 0. The second-order valence-electron chi connectivity index (χ2n) is 3.41. The molecule has 0 amide bonds. The lowest BCUT2D eigenvalue weighted by molar-refractivity contribution is -0.385. The minimum Gasteiger partial charge on any atom is -0.493 e. The molecule has 0 saturated heterocycles. The van der Waals surface area contributed by atoms with Crippen LogP contribution in [0.4, 0.5) is 5.69 Å².